The van der Waals surface area contributed by atoms with Gasteiger partial charge >= 0.3 is 0 Å². The normalized spacial score (nSPS) is 10.8. The smallest absolute Gasteiger partial charge is 0.299 e. The molecule has 0 N–H and O–H groups in total. The third-order valence-electron chi connectivity index (χ3n) is 1.91. The fourth-order valence-corrected chi connectivity index (χ4v) is 0.646. The summed E-state index contributed by atoms with van der Waals surface area (Å²) in [7, 11) is 0. The van der Waals surface area contributed by atoms with Gasteiger partial charge in [-0.25, -0.2) is 5.26 Å². The summed E-state index contributed by atoms with van der Waals surface area (Å²) in [5, 5.41) is 8.64. The van der Waals surface area contributed by atoms with E-state index in [-0.39, 0.29) is 12.2 Å². The first-order valence-corrected chi connectivity index (χ1v) is 4.08. The maximum atomic E-state index is 8.64. The highest BCUT2D eigenvalue weighted by Crippen LogP contribution is 2.13. The van der Waals surface area contributed by atoms with Crippen LogP contribution in [-0.2, 0) is 4.74 Å². The van der Waals surface area contributed by atoms with E-state index < -0.39 is 0 Å². The molecule has 0 saturated heterocycles. The van der Waals surface area contributed by atoms with Crippen molar-refractivity contribution in [3.05, 3.63) is 0 Å². The number of ether oxygens (including phenoxy) is 1. The van der Waals surface area contributed by atoms with E-state index in [0.29, 0.717) is 0 Å². The molecule has 0 aromatic heterocycles. The van der Waals surface area contributed by atoms with Gasteiger partial charge in [-0.05, 0) is 20.3 Å². The highest BCUT2D eigenvalue weighted by Gasteiger charge is 2.30. The highest BCUT2D eigenvalue weighted by atomic mass is 16.5. The van der Waals surface area contributed by atoms with Crippen LogP contribution in [0.5, 0.6) is 0 Å². The zero-order valence-electron chi connectivity index (χ0n) is 7.85. The number of nitrogens with zero attached hydrogens (tertiary/aromatic N) is 1. The van der Waals surface area contributed by atoms with Gasteiger partial charge in [-0.1, -0.05) is 13.7 Å². The molecule has 0 aliphatic carbocycles. The summed E-state index contributed by atoms with van der Waals surface area (Å²) in [6.45, 7) is 8.54. The van der Waals surface area contributed by atoms with Gasteiger partial charge in [0.25, 0.3) is 6.71 Å². The Morgan fingerprint density at radius 2 is 2.09 bits per heavy atom. The summed E-state index contributed by atoms with van der Waals surface area (Å²) < 4.78 is 5.51. The van der Waals surface area contributed by atoms with Crippen LogP contribution in [-0.4, -0.2) is 18.8 Å². The Morgan fingerprint density at radius 1 is 1.55 bits per heavy atom. The van der Waals surface area contributed by atoms with Gasteiger partial charge in [-0.3, -0.25) is 0 Å². The second-order valence-electron chi connectivity index (χ2n) is 3.30. The Morgan fingerprint density at radius 3 is 2.45 bits per heavy atom. The predicted octanol–water partition coefficient (Wildman–Crippen LogP) is 1.92. The Hall–Kier alpha value is -0.485. The minimum absolute atomic E-state index is 0.0472. The van der Waals surface area contributed by atoms with Crippen molar-refractivity contribution in [2.45, 2.75) is 39.5 Å². The number of nitriles is 1. The molecule has 0 spiro atoms. The number of hydrogen-bond donors (Lipinski definition) is 0. The molecular weight excluding hydrogens is 137 g/mol. The van der Waals surface area contributed by atoms with E-state index >= 15 is 0 Å². The van der Waals surface area contributed by atoms with Crippen LogP contribution < -0.4 is 0 Å². The van der Waals surface area contributed by atoms with E-state index in [0.717, 1.165) is 13.0 Å². The third kappa shape index (κ3) is 3.43. The minimum Gasteiger partial charge on any atom is -0.382 e. The van der Waals surface area contributed by atoms with Crippen LogP contribution in [0, 0.1) is 11.2 Å². The zero-order chi connectivity index (χ0) is 8.91. The second kappa shape index (κ2) is 4.40. The van der Waals surface area contributed by atoms with Gasteiger partial charge in [0, 0.05) is 12.6 Å². The maximum Gasteiger partial charge on any atom is 0.299 e. The lowest BCUT2D eigenvalue weighted by Crippen LogP contribution is -2.40. The van der Waals surface area contributed by atoms with E-state index in [1.165, 1.54) is 0 Å². The molecule has 11 heavy (non-hydrogen) atoms. The van der Waals surface area contributed by atoms with Crippen LogP contribution in [0.15, 0.2) is 0 Å². The fraction of sp³-hybridized carbons (Fsp3) is 0.875. The monoisotopic (exact) mass is 153 g/mol. The summed E-state index contributed by atoms with van der Waals surface area (Å²) in [5.41, 5.74) is -0.301. The molecule has 3 heteroatoms. The second-order valence-corrected chi connectivity index (χ2v) is 3.30. The first-order chi connectivity index (χ1) is 5.04. The topological polar surface area (TPSA) is 33.0 Å². The van der Waals surface area contributed by atoms with Crippen molar-refractivity contribution >= 4 is 6.71 Å². The largest absolute Gasteiger partial charge is 0.382 e. The Balaban J connectivity index is 3.90. The lowest BCUT2D eigenvalue weighted by Gasteiger charge is -2.25. The zero-order valence-corrected chi connectivity index (χ0v) is 7.85. The van der Waals surface area contributed by atoms with Crippen LogP contribution in [0.25, 0.3) is 0 Å². The molecule has 0 fully saturated rings. The molecule has 0 aromatic rings. The highest BCUT2D eigenvalue weighted by molar-refractivity contribution is 6.68. The lowest BCUT2D eigenvalue weighted by atomic mass is 9.42. The average Bonchev–Trinajstić information content (AvgIpc) is 1.99. The van der Waals surface area contributed by atoms with Crippen molar-refractivity contribution in [1.82, 2.24) is 0 Å². The summed E-state index contributed by atoms with van der Waals surface area (Å²) in [4.78, 5) is 0. The van der Waals surface area contributed by atoms with E-state index in [1.54, 1.807) is 0 Å². The fourth-order valence-electron chi connectivity index (χ4n) is 0.646. The molecule has 2 nitrogen and oxygen atoms in total. The number of hydrogen-bond acceptors (Lipinski definition) is 2. The summed E-state index contributed by atoms with van der Waals surface area (Å²) in [6, 6.07) is 0. The van der Waals surface area contributed by atoms with Crippen molar-refractivity contribution in [1.29, 1.82) is 5.26 Å². The first kappa shape index (κ1) is 10.5. The Kier molecular flexibility index (Phi) is 4.21. The van der Waals surface area contributed by atoms with E-state index in [2.05, 4.69) is 12.9 Å². The number of rotatable bonds is 4. The molecule has 0 radical (unpaired) electrons. The van der Waals surface area contributed by atoms with Crippen LogP contribution in [0.1, 0.15) is 27.2 Å². The van der Waals surface area contributed by atoms with E-state index in [1.807, 2.05) is 20.7 Å². The molecule has 0 saturated carbocycles. The molecule has 0 bridgehead atoms. The maximum absolute atomic E-state index is 8.64. The summed E-state index contributed by atoms with van der Waals surface area (Å²) >= 11 is 0. The molecule has 0 unspecified atom stereocenters. The average molecular weight is 153 g/mol. The quantitative estimate of drug-likeness (QED) is 0.578. The Bertz CT molecular complexity index is 151. The molecule has 0 rings (SSSR count). The van der Waals surface area contributed by atoms with Gasteiger partial charge in [0.1, 0.15) is 0 Å². The Labute approximate surface area is 69.6 Å². The van der Waals surface area contributed by atoms with E-state index in [9.17, 15) is 0 Å². The van der Waals surface area contributed by atoms with Gasteiger partial charge in [0.15, 0.2) is 0 Å². The van der Waals surface area contributed by atoms with Crippen LogP contribution >= 0.6 is 0 Å². The van der Waals surface area contributed by atoms with Crippen molar-refractivity contribution in [3.63, 3.8) is 0 Å². The summed E-state index contributed by atoms with van der Waals surface area (Å²) in [5.74, 6) is 2.19. The van der Waals surface area contributed by atoms with Gasteiger partial charge in [0.05, 0.1) is 5.50 Å². The first-order valence-electron chi connectivity index (χ1n) is 4.08. The molecule has 0 atom stereocenters. The van der Waals surface area contributed by atoms with Crippen molar-refractivity contribution in [2.24, 2.45) is 0 Å². The lowest BCUT2D eigenvalue weighted by molar-refractivity contribution is 0.0417. The van der Waals surface area contributed by atoms with Crippen LogP contribution in [0.4, 0.5) is 0 Å². The standard InChI is InChI=1S/C8H16BNO/c1-5-6-11-8(2,3)9(4)7-10/h5-6H2,1-4H3. The molecule has 0 aliphatic rings. The molecular formula is C8H16BNO. The predicted molar refractivity (Wildman–Crippen MR) is 47.6 cm³/mol. The van der Waals surface area contributed by atoms with Gasteiger partial charge in [-0.2, -0.15) is 0 Å². The van der Waals surface area contributed by atoms with Crippen molar-refractivity contribution in [2.75, 3.05) is 6.61 Å². The van der Waals surface area contributed by atoms with Crippen molar-refractivity contribution in [3.8, 4) is 5.97 Å². The van der Waals surface area contributed by atoms with Crippen LogP contribution in [0.3, 0.4) is 0 Å². The van der Waals surface area contributed by atoms with Crippen LogP contribution in [0.2, 0.25) is 6.82 Å². The molecule has 0 aliphatic heterocycles. The molecule has 0 heterocycles. The van der Waals surface area contributed by atoms with Gasteiger partial charge in [-0.15, -0.1) is 0 Å². The third-order valence-corrected chi connectivity index (χ3v) is 1.91. The van der Waals surface area contributed by atoms with Gasteiger partial charge in [0.2, 0.25) is 0 Å². The van der Waals surface area contributed by atoms with Crippen molar-refractivity contribution < 1.29 is 4.74 Å². The molecule has 0 amide bonds. The summed E-state index contributed by atoms with van der Waals surface area (Å²) in [6.07, 6.45) is 1.00. The molecule has 0 aromatic carbocycles. The van der Waals surface area contributed by atoms with Gasteiger partial charge < -0.3 is 4.74 Å². The SMILES string of the molecule is CCCOC(C)(C)B(C)C#N. The van der Waals surface area contributed by atoms with E-state index in [4.69, 9.17) is 10.00 Å². The molecule has 62 valence electrons. The minimum atomic E-state index is -0.301.